The molecule has 9 heteroatoms. The van der Waals surface area contributed by atoms with E-state index in [1.165, 1.54) is 46.8 Å². The summed E-state index contributed by atoms with van der Waals surface area (Å²) in [7, 11) is 2.18. The summed E-state index contributed by atoms with van der Waals surface area (Å²) in [5.74, 6) is 1.07. The summed E-state index contributed by atoms with van der Waals surface area (Å²) in [6.45, 7) is 8.61. The summed E-state index contributed by atoms with van der Waals surface area (Å²) < 4.78 is 18.4. The Labute approximate surface area is 249 Å². The van der Waals surface area contributed by atoms with Gasteiger partial charge in [0.25, 0.3) is 0 Å². The fourth-order valence-electron chi connectivity index (χ4n) is 6.96. The third kappa shape index (κ3) is 5.93. The molecular formula is C33H44N6O3. The average molecular weight is 573 g/mol. The second-order valence-corrected chi connectivity index (χ2v) is 12.2. The highest BCUT2D eigenvalue weighted by Gasteiger charge is 2.29. The molecule has 0 saturated carbocycles. The summed E-state index contributed by atoms with van der Waals surface area (Å²) in [6, 6.07) is 14.1. The second kappa shape index (κ2) is 12.7. The number of aromatic nitrogens is 2. The van der Waals surface area contributed by atoms with Crippen LogP contribution in [0.5, 0.6) is 6.01 Å². The number of anilines is 2. The molecule has 3 saturated heterocycles. The van der Waals surface area contributed by atoms with Crippen LogP contribution in [0.4, 0.5) is 11.5 Å². The molecule has 9 nitrogen and oxygen atoms in total. The van der Waals surface area contributed by atoms with Crippen molar-refractivity contribution in [3.05, 3.63) is 53.2 Å². The van der Waals surface area contributed by atoms with E-state index in [1.807, 2.05) is 0 Å². The monoisotopic (exact) mass is 572 g/mol. The number of likely N-dealkylation sites (tertiary alicyclic amines) is 1. The number of nitrogens with zero attached hydrogens (tertiary/aromatic N) is 5. The van der Waals surface area contributed by atoms with E-state index >= 15 is 0 Å². The zero-order valence-electron chi connectivity index (χ0n) is 24.9. The lowest BCUT2D eigenvalue weighted by molar-refractivity contribution is -0.168. The molecule has 0 radical (unpaired) electrons. The molecule has 5 heterocycles. The first-order valence-corrected chi connectivity index (χ1v) is 15.9. The molecule has 224 valence electrons. The van der Waals surface area contributed by atoms with Crippen LogP contribution in [0.15, 0.2) is 36.4 Å². The van der Waals surface area contributed by atoms with E-state index in [2.05, 4.69) is 63.5 Å². The Morgan fingerprint density at radius 1 is 0.952 bits per heavy atom. The first-order valence-electron chi connectivity index (χ1n) is 15.9. The van der Waals surface area contributed by atoms with E-state index in [1.54, 1.807) is 0 Å². The fourth-order valence-corrected chi connectivity index (χ4v) is 6.96. The molecule has 42 heavy (non-hydrogen) atoms. The van der Waals surface area contributed by atoms with E-state index in [9.17, 15) is 0 Å². The lowest BCUT2D eigenvalue weighted by Crippen LogP contribution is -2.45. The number of likely N-dealkylation sites (N-methyl/N-ethyl adjacent to an activating group) is 1. The van der Waals surface area contributed by atoms with Gasteiger partial charge in [0.05, 0.1) is 18.8 Å². The zero-order chi connectivity index (χ0) is 28.3. The minimum Gasteiger partial charge on any atom is -0.462 e. The number of fused-ring (bicyclic) bond motifs is 2. The molecule has 7 rings (SSSR count). The smallest absolute Gasteiger partial charge is 0.318 e. The third-order valence-electron chi connectivity index (χ3n) is 9.39. The Balaban J connectivity index is 1.18. The molecule has 3 fully saturated rings. The van der Waals surface area contributed by atoms with Gasteiger partial charge in [0.2, 0.25) is 0 Å². The summed E-state index contributed by atoms with van der Waals surface area (Å²) in [4.78, 5) is 17.4. The van der Waals surface area contributed by atoms with E-state index in [-0.39, 0.29) is 6.29 Å². The van der Waals surface area contributed by atoms with Gasteiger partial charge in [0.15, 0.2) is 6.29 Å². The molecule has 1 unspecified atom stereocenters. The van der Waals surface area contributed by atoms with E-state index in [0.717, 1.165) is 83.2 Å². The Bertz CT molecular complexity index is 1370. The Hall–Kier alpha value is -2.98. The highest BCUT2D eigenvalue weighted by molar-refractivity contribution is 5.97. The molecule has 4 aliphatic rings. The predicted molar refractivity (Wildman–Crippen MR) is 165 cm³/mol. The molecule has 3 aromatic rings. The van der Waals surface area contributed by atoms with Crippen LogP contribution < -0.4 is 19.9 Å². The van der Waals surface area contributed by atoms with Gasteiger partial charge in [-0.2, -0.15) is 9.97 Å². The molecule has 1 aromatic heterocycles. The van der Waals surface area contributed by atoms with Gasteiger partial charge in [-0.3, -0.25) is 0 Å². The maximum atomic E-state index is 6.32. The van der Waals surface area contributed by atoms with Crippen molar-refractivity contribution in [1.82, 2.24) is 20.2 Å². The molecular weight excluding hydrogens is 528 g/mol. The summed E-state index contributed by atoms with van der Waals surface area (Å²) >= 11 is 0. The van der Waals surface area contributed by atoms with E-state index < -0.39 is 0 Å². The number of piperazine rings is 1. The van der Waals surface area contributed by atoms with Crippen molar-refractivity contribution in [3.63, 3.8) is 0 Å². The molecule has 2 aromatic carbocycles. The highest BCUT2D eigenvalue weighted by Crippen LogP contribution is 2.36. The van der Waals surface area contributed by atoms with Crippen molar-refractivity contribution in [1.29, 1.82) is 0 Å². The summed E-state index contributed by atoms with van der Waals surface area (Å²) in [5, 5.41) is 5.97. The van der Waals surface area contributed by atoms with Gasteiger partial charge in [-0.05, 0) is 69.1 Å². The second-order valence-electron chi connectivity index (χ2n) is 12.2. The van der Waals surface area contributed by atoms with Gasteiger partial charge in [0, 0.05) is 62.0 Å². The Morgan fingerprint density at radius 3 is 2.64 bits per heavy atom. The predicted octanol–water partition coefficient (Wildman–Crippen LogP) is 4.12. The minimum absolute atomic E-state index is 0.106. The number of rotatable bonds is 8. The van der Waals surface area contributed by atoms with Crippen molar-refractivity contribution in [3.8, 4) is 6.01 Å². The lowest BCUT2D eigenvalue weighted by Gasteiger charge is -2.35. The van der Waals surface area contributed by atoms with Crippen LogP contribution in [-0.2, 0) is 29.0 Å². The molecule has 0 aliphatic carbocycles. The van der Waals surface area contributed by atoms with Crippen molar-refractivity contribution < 1.29 is 14.2 Å². The fraction of sp³-hybridized carbons (Fsp3) is 0.576. The highest BCUT2D eigenvalue weighted by atomic mass is 16.7. The van der Waals surface area contributed by atoms with Crippen LogP contribution >= 0.6 is 0 Å². The van der Waals surface area contributed by atoms with Crippen LogP contribution in [0.2, 0.25) is 0 Å². The number of hydrogen-bond donors (Lipinski definition) is 1. The van der Waals surface area contributed by atoms with Crippen molar-refractivity contribution >= 4 is 22.3 Å². The van der Waals surface area contributed by atoms with Crippen LogP contribution in [0.3, 0.4) is 0 Å². The third-order valence-corrected chi connectivity index (χ3v) is 9.39. The average Bonchev–Trinajstić information content (AvgIpc) is 3.47. The molecule has 0 spiro atoms. The number of benzene rings is 2. The van der Waals surface area contributed by atoms with Crippen molar-refractivity contribution in [2.24, 2.45) is 0 Å². The summed E-state index contributed by atoms with van der Waals surface area (Å²) in [5.41, 5.74) is 4.80. The van der Waals surface area contributed by atoms with Crippen LogP contribution in [0.1, 0.15) is 48.9 Å². The molecule has 1 N–H and O–H groups in total. The maximum Gasteiger partial charge on any atom is 0.318 e. The van der Waals surface area contributed by atoms with Crippen LogP contribution in [-0.4, -0.2) is 86.7 Å². The largest absolute Gasteiger partial charge is 0.462 e. The lowest BCUT2D eigenvalue weighted by atomic mass is 9.99. The number of ether oxygens (including phenoxy) is 3. The summed E-state index contributed by atoms with van der Waals surface area (Å²) in [6.07, 6.45) is 6.45. The van der Waals surface area contributed by atoms with Crippen LogP contribution in [0, 0.1) is 0 Å². The maximum absolute atomic E-state index is 6.32. The van der Waals surface area contributed by atoms with Gasteiger partial charge in [-0.25, -0.2) is 0 Å². The topological polar surface area (TPSA) is 75.2 Å². The number of nitrogens with one attached hydrogen (secondary N) is 1. The molecule has 0 bridgehead atoms. The zero-order valence-corrected chi connectivity index (χ0v) is 24.9. The van der Waals surface area contributed by atoms with Crippen molar-refractivity contribution in [2.75, 3.05) is 69.3 Å². The van der Waals surface area contributed by atoms with E-state index in [4.69, 9.17) is 24.2 Å². The van der Waals surface area contributed by atoms with Gasteiger partial charge >= 0.3 is 6.01 Å². The number of hydrogen-bond acceptors (Lipinski definition) is 9. The van der Waals surface area contributed by atoms with E-state index in [0.29, 0.717) is 25.3 Å². The van der Waals surface area contributed by atoms with Gasteiger partial charge in [-0.1, -0.05) is 30.3 Å². The molecule has 2 atom stereocenters. The first kappa shape index (κ1) is 27.8. The normalized spacial score (nSPS) is 23.4. The first-order chi connectivity index (χ1) is 20.7. The SMILES string of the molecule is CN1CCC[C@H]1COc1nc2c(c(N3CCNCC3)n1)CCN(c1cccc3cccc(COC4CCCCO4)c13)C2. The van der Waals surface area contributed by atoms with Crippen LogP contribution in [0.25, 0.3) is 10.8 Å². The van der Waals surface area contributed by atoms with Crippen molar-refractivity contribution in [2.45, 2.75) is 64.0 Å². The standard InChI is InChI=1S/C33H44N6O3/c1-37-16-6-10-26(37)23-42-33-35-28-21-39(17-13-27(28)32(36-33)38-18-14-34-15-19-38)29-11-5-8-24-7-4-9-25(31(24)29)22-41-30-12-2-3-20-40-30/h4-5,7-9,11,26,30,34H,2-3,6,10,12-23H2,1H3/t26-,30?/m0/s1. The Kier molecular flexibility index (Phi) is 8.42. The minimum atomic E-state index is -0.106. The van der Waals surface area contributed by atoms with Gasteiger partial charge < -0.3 is 34.2 Å². The van der Waals surface area contributed by atoms with Gasteiger partial charge in [-0.15, -0.1) is 0 Å². The molecule has 0 amide bonds. The van der Waals surface area contributed by atoms with Gasteiger partial charge in [0.1, 0.15) is 12.4 Å². The Morgan fingerprint density at radius 2 is 1.83 bits per heavy atom. The quantitative estimate of drug-likeness (QED) is 0.429. The molecule has 4 aliphatic heterocycles.